The van der Waals surface area contributed by atoms with E-state index < -0.39 is 16.1 Å². The molecule has 0 radical (unpaired) electrons. The van der Waals surface area contributed by atoms with Gasteiger partial charge in [-0.05, 0) is 194 Å². The molecule has 0 bridgehead atoms. The maximum Gasteiger partial charge on any atom is 0.252 e. The summed E-state index contributed by atoms with van der Waals surface area (Å²) in [5.74, 6) is 0. The fraction of sp³-hybridized carbons (Fsp3) is 0.0625. The lowest BCUT2D eigenvalue weighted by molar-refractivity contribution is 1.16. The van der Waals surface area contributed by atoms with Gasteiger partial charge >= 0.3 is 0 Å². The first kappa shape index (κ1) is 62.5. The Hall–Kier alpha value is -11.8. The lowest BCUT2D eigenvalue weighted by atomic mass is 9.33. The Bertz CT molecular complexity index is 5610. The van der Waals surface area contributed by atoms with Crippen molar-refractivity contribution in [1.82, 2.24) is 4.57 Å². The largest absolute Gasteiger partial charge is 0.311 e. The summed E-state index contributed by atoms with van der Waals surface area (Å²) in [5.41, 5.74) is 26.2. The number of nitrogens with zero attached hydrogens (tertiary/aromatic N) is 3. The van der Waals surface area contributed by atoms with E-state index in [2.05, 4.69) is 408 Å². The van der Waals surface area contributed by atoms with Crippen molar-refractivity contribution in [2.24, 2.45) is 0 Å². The molecule has 0 aliphatic carbocycles. The summed E-state index contributed by atoms with van der Waals surface area (Å²) in [5, 5.41) is 13.2. The van der Waals surface area contributed by atoms with Gasteiger partial charge in [0.2, 0.25) is 0 Å². The summed E-state index contributed by atoms with van der Waals surface area (Å²) in [7, 11) is -6.06. The van der Waals surface area contributed by atoms with Gasteiger partial charge in [0.15, 0.2) is 16.1 Å². The first-order valence-electron chi connectivity index (χ1n) is 35.8. The second-order valence-electron chi connectivity index (χ2n) is 28.5. The van der Waals surface area contributed by atoms with Crippen LogP contribution in [0.1, 0.15) is 33.4 Å². The molecule has 0 saturated carbocycles. The molecule has 2 aliphatic rings. The first-order valence-corrected chi connectivity index (χ1v) is 39.8. The van der Waals surface area contributed by atoms with Crippen LogP contribution >= 0.6 is 0 Å². The summed E-state index contributed by atoms with van der Waals surface area (Å²) in [6.45, 7) is 13.1. The molecule has 1 aromatic heterocycles. The first-order chi connectivity index (χ1) is 50.0. The van der Waals surface area contributed by atoms with Crippen LogP contribution in [0, 0.1) is 41.5 Å². The fourth-order valence-corrected chi connectivity index (χ4v) is 27.2. The average Bonchev–Trinajstić information content (AvgIpc) is 0.791. The van der Waals surface area contributed by atoms with Crippen LogP contribution in [0.25, 0.3) is 49.7 Å². The van der Waals surface area contributed by atoms with E-state index in [-0.39, 0.29) is 6.71 Å². The summed E-state index contributed by atoms with van der Waals surface area (Å²) in [4.78, 5) is 5.29. The number of aromatic nitrogens is 1. The molecule has 0 N–H and O–H groups in total. The second-order valence-corrected chi connectivity index (χ2v) is 36.1. The third-order valence-electron chi connectivity index (χ3n) is 21.8. The van der Waals surface area contributed by atoms with E-state index in [4.69, 9.17) is 0 Å². The number of benzene rings is 15. The minimum Gasteiger partial charge on any atom is -0.311 e. The van der Waals surface area contributed by atoms with Crippen molar-refractivity contribution in [2.45, 2.75) is 41.5 Å². The third kappa shape index (κ3) is 10.2. The molecule has 0 fully saturated rings. The van der Waals surface area contributed by atoms with Crippen LogP contribution in [0.4, 0.5) is 34.1 Å². The average molecular weight is 1340 g/mol. The Morgan fingerprint density at radius 2 is 0.627 bits per heavy atom. The van der Waals surface area contributed by atoms with Gasteiger partial charge in [-0.3, -0.25) is 0 Å². The van der Waals surface area contributed by atoms with Gasteiger partial charge in [0, 0.05) is 44.9 Å². The van der Waals surface area contributed by atoms with E-state index >= 15 is 0 Å². The maximum atomic E-state index is 2.68. The Morgan fingerprint density at radius 3 is 1.08 bits per heavy atom. The Morgan fingerprint density at radius 1 is 0.225 bits per heavy atom. The zero-order chi connectivity index (χ0) is 68.8. The highest BCUT2D eigenvalue weighted by Gasteiger charge is 2.48. The minimum absolute atomic E-state index is 0.219. The zero-order valence-electron chi connectivity index (χ0n) is 58.4. The molecule has 0 saturated heterocycles. The van der Waals surface area contributed by atoms with Crippen LogP contribution < -0.4 is 67.7 Å². The molecule has 2 aliphatic heterocycles. The monoisotopic (exact) mass is 1340 g/mol. The van der Waals surface area contributed by atoms with Crippen LogP contribution in [0.5, 0.6) is 0 Å². The predicted molar refractivity (Wildman–Crippen MR) is 441 cm³/mol. The lowest BCUT2D eigenvalue weighted by Crippen LogP contribution is -2.75. The SMILES string of the molecule is Cc1cc(C)cc(-c2cccc(N3c4cc(-c5cc(C)cc(C)c5)ccc4B4c5cc([Si](c6ccccc6)(c6ccccc6)c6ccccc6)ccc5N(c5ccc([Si](c6ccccc6)(c6ccccc6)c6ccccc6)cc5)c5cc(-n6c7ccc(C)cc7c7cc(C)ccc76)cc3c54)c2)c1. The van der Waals surface area contributed by atoms with E-state index in [0.717, 1.165) is 39.8 Å². The normalized spacial score (nSPS) is 12.5. The van der Waals surface area contributed by atoms with Gasteiger partial charge in [-0.1, -0.05) is 312 Å². The molecule has 3 heterocycles. The molecule has 0 spiro atoms. The lowest BCUT2D eigenvalue weighted by Gasteiger charge is -2.45. The molecule has 15 aromatic carbocycles. The van der Waals surface area contributed by atoms with E-state index in [9.17, 15) is 0 Å². The number of anilines is 6. The molecule has 16 aromatic rings. The highest BCUT2D eigenvalue weighted by Crippen LogP contribution is 2.48. The predicted octanol–water partition coefficient (Wildman–Crippen LogP) is 16.8. The Balaban J connectivity index is 0.984. The molecule has 102 heavy (non-hydrogen) atoms. The van der Waals surface area contributed by atoms with Gasteiger partial charge in [-0.2, -0.15) is 0 Å². The van der Waals surface area contributed by atoms with Crippen molar-refractivity contribution >= 4 is 137 Å². The summed E-state index contributed by atoms with van der Waals surface area (Å²) < 4.78 is 2.56. The van der Waals surface area contributed by atoms with E-state index in [1.165, 1.54) is 135 Å². The van der Waals surface area contributed by atoms with Crippen LogP contribution in [-0.4, -0.2) is 27.4 Å². The number of fused-ring (bicyclic) bond motifs is 7. The molecule has 6 heteroatoms. The van der Waals surface area contributed by atoms with Gasteiger partial charge in [0.1, 0.15) is 0 Å². The van der Waals surface area contributed by atoms with Crippen molar-refractivity contribution in [3.8, 4) is 27.9 Å². The number of rotatable bonds is 13. The minimum atomic E-state index is -3.12. The van der Waals surface area contributed by atoms with E-state index in [0.29, 0.717) is 0 Å². The third-order valence-corrected chi connectivity index (χ3v) is 31.4. The summed E-state index contributed by atoms with van der Waals surface area (Å²) in [6, 6.07) is 136. The molecule has 0 amide bonds. The summed E-state index contributed by atoms with van der Waals surface area (Å²) >= 11 is 0. The standard InChI is InChI=1S/C96H76BN3Si2/c1-65-40-49-90-86(58-65)87-59-66(2)41-50-91(87)100(90)77-62-94-96-95(63-77)99(76-27-25-26-71(60-76)73-54-67(3)52-68(4)55-73)93-61-72(74-56-69(5)53-70(6)57-74)42-48-88(93)97(96)89-64-85(102(81-34-19-10-20-35-81,82-36-21-11-22-37-82)83-38-23-12-24-39-83)47-51-92(89)98(94)75-43-45-84(46-44-75)101(78-28-13-7-14-29-78,79-30-15-8-16-31-79)80-32-17-9-18-33-80/h7-64H,1-6H3. The van der Waals surface area contributed by atoms with Crippen LogP contribution in [0.3, 0.4) is 0 Å². The molecular formula is C96H76BN3Si2. The van der Waals surface area contributed by atoms with Gasteiger partial charge < -0.3 is 14.4 Å². The quantitative estimate of drug-likeness (QED) is 0.0842. The highest BCUT2D eigenvalue weighted by molar-refractivity contribution is 7.20. The van der Waals surface area contributed by atoms with Gasteiger partial charge in [-0.15, -0.1) is 0 Å². The fourth-order valence-electron chi connectivity index (χ4n) is 17.7. The van der Waals surface area contributed by atoms with Crippen molar-refractivity contribution in [3.63, 3.8) is 0 Å². The smallest absolute Gasteiger partial charge is 0.252 e. The molecular weight excluding hydrogens is 1260 g/mol. The second kappa shape index (κ2) is 25.1. The van der Waals surface area contributed by atoms with Crippen molar-refractivity contribution in [2.75, 3.05) is 9.80 Å². The maximum absolute atomic E-state index is 3.12. The van der Waals surface area contributed by atoms with Gasteiger partial charge in [0.25, 0.3) is 6.71 Å². The van der Waals surface area contributed by atoms with Crippen molar-refractivity contribution in [1.29, 1.82) is 0 Å². The molecule has 486 valence electrons. The summed E-state index contributed by atoms with van der Waals surface area (Å²) in [6.07, 6.45) is 0. The Labute approximate surface area is 601 Å². The van der Waals surface area contributed by atoms with Crippen molar-refractivity contribution in [3.05, 3.63) is 385 Å². The van der Waals surface area contributed by atoms with Crippen LogP contribution in [0.15, 0.2) is 352 Å². The van der Waals surface area contributed by atoms with Crippen LogP contribution in [0.2, 0.25) is 0 Å². The highest BCUT2D eigenvalue weighted by atomic mass is 28.3. The molecule has 0 unspecified atom stereocenters. The van der Waals surface area contributed by atoms with Crippen LogP contribution in [-0.2, 0) is 0 Å². The molecule has 0 atom stereocenters. The molecule has 3 nitrogen and oxygen atoms in total. The zero-order valence-corrected chi connectivity index (χ0v) is 60.4. The van der Waals surface area contributed by atoms with E-state index in [1.807, 2.05) is 0 Å². The van der Waals surface area contributed by atoms with Crippen molar-refractivity contribution < 1.29 is 0 Å². The molecule has 18 rings (SSSR count). The van der Waals surface area contributed by atoms with Gasteiger partial charge in [-0.25, -0.2) is 0 Å². The number of aryl methyl sites for hydroxylation is 6. The topological polar surface area (TPSA) is 11.4 Å². The number of hydrogen-bond donors (Lipinski definition) is 0. The number of hydrogen-bond acceptors (Lipinski definition) is 2. The Kier molecular flexibility index (Phi) is 15.4. The van der Waals surface area contributed by atoms with Gasteiger partial charge in [0.05, 0.1) is 16.7 Å². The van der Waals surface area contributed by atoms with E-state index in [1.54, 1.807) is 0 Å².